The number of amides is 1. The molecular formula is C13H18NO3-. The number of benzene rings is 1. The van der Waals surface area contributed by atoms with Crippen molar-refractivity contribution in [2.75, 3.05) is 0 Å². The van der Waals surface area contributed by atoms with Gasteiger partial charge in [0.25, 0.3) is 0 Å². The van der Waals surface area contributed by atoms with Crippen LogP contribution >= 0.6 is 0 Å². The number of ether oxygens (including phenoxy) is 1. The molecule has 1 aromatic rings. The summed E-state index contributed by atoms with van der Waals surface area (Å²) in [5.74, 6) is 0. The van der Waals surface area contributed by atoms with Crippen molar-refractivity contribution in [3.63, 3.8) is 0 Å². The third-order valence-corrected chi connectivity index (χ3v) is 2.21. The number of hydrogen-bond acceptors (Lipinski definition) is 3. The average molecular weight is 236 g/mol. The summed E-state index contributed by atoms with van der Waals surface area (Å²) in [6, 6.07) is 8.58. The summed E-state index contributed by atoms with van der Waals surface area (Å²) < 4.78 is 5.02. The molecule has 0 radical (unpaired) electrons. The first-order chi connectivity index (χ1) is 7.81. The summed E-state index contributed by atoms with van der Waals surface area (Å²) in [7, 11) is 0. The Balaban J connectivity index is 2.70. The van der Waals surface area contributed by atoms with Crippen LogP contribution < -0.4 is 0 Å². The van der Waals surface area contributed by atoms with Crippen molar-refractivity contribution in [2.45, 2.75) is 39.3 Å². The van der Waals surface area contributed by atoms with E-state index in [2.05, 4.69) is 0 Å². The summed E-state index contributed by atoms with van der Waals surface area (Å²) in [6.45, 7) is 6.86. The number of nitrogens with zero attached hydrogens (tertiary/aromatic N) is 1. The third-order valence-electron chi connectivity index (χ3n) is 2.21. The van der Waals surface area contributed by atoms with Crippen LogP contribution in [0.3, 0.4) is 0 Å². The van der Waals surface area contributed by atoms with Gasteiger partial charge >= 0.3 is 6.09 Å². The normalized spacial score (nSPS) is 13.0. The molecule has 4 nitrogen and oxygen atoms in total. The first-order valence-electron chi connectivity index (χ1n) is 5.55. The second kappa shape index (κ2) is 5.19. The summed E-state index contributed by atoms with van der Waals surface area (Å²) in [4.78, 5) is 11.6. The SMILES string of the molecule is CC(c1ccccc1)N([O-])C(=O)OC(C)(C)C. The van der Waals surface area contributed by atoms with Gasteiger partial charge in [-0.25, -0.2) is 4.79 Å². The zero-order valence-electron chi connectivity index (χ0n) is 10.6. The van der Waals surface area contributed by atoms with Crippen LogP contribution in [0.1, 0.15) is 39.3 Å². The van der Waals surface area contributed by atoms with Gasteiger partial charge in [-0.3, -0.25) is 0 Å². The summed E-state index contributed by atoms with van der Waals surface area (Å²) in [5.41, 5.74) is 0.129. The number of carbonyl (C=O) groups excluding carboxylic acids is 1. The van der Waals surface area contributed by atoms with E-state index in [1.54, 1.807) is 39.8 Å². The fourth-order valence-electron chi connectivity index (χ4n) is 1.33. The van der Waals surface area contributed by atoms with Crippen LogP contribution in [0.2, 0.25) is 0 Å². The largest absolute Gasteiger partial charge is 0.753 e. The van der Waals surface area contributed by atoms with Crippen molar-refractivity contribution in [2.24, 2.45) is 0 Å². The van der Waals surface area contributed by atoms with Crippen LogP contribution in [0.25, 0.3) is 0 Å². The molecule has 1 rings (SSSR count). The standard InChI is InChI=1S/C13H18NO3/c1-10(11-8-6-5-7-9-11)14(16)12(15)17-13(2,3)4/h5-10H,1-4H3/q-1. The molecule has 0 saturated carbocycles. The molecule has 0 N–H and O–H groups in total. The van der Waals surface area contributed by atoms with Gasteiger partial charge in [-0.05, 0) is 33.3 Å². The van der Waals surface area contributed by atoms with E-state index < -0.39 is 17.7 Å². The topological polar surface area (TPSA) is 52.6 Å². The maximum Gasteiger partial charge on any atom is 0.399 e. The number of hydroxylamine groups is 2. The predicted molar refractivity (Wildman–Crippen MR) is 66.3 cm³/mol. The minimum atomic E-state index is -0.853. The Kier molecular flexibility index (Phi) is 4.12. The fraction of sp³-hybridized carbons (Fsp3) is 0.462. The van der Waals surface area contributed by atoms with Gasteiger partial charge < -0.3 is 15.0 Å². The highest BCUT2D eigenvalue weighted by atomic mass is 16.6. The van der Waals surface area contributed by atoms with E-state index in [9.17, 15) is 10.0 Å². The van der Waals surface area contributed by atoms with E-state index in [-0.39, 0.29) is 0 Å². The van der Waals surface area contributed by atoms with E-state index in [0.29, 0.717) is 5.06 Å². The van der Waals surface area contributed by atoms with Gasteiger partial charge in [0, 0.05) is 6.04 Å². The quantitative estimate of drug-likeness (QED) is 0.738. The molecule has 0 aromatic heterocycles. The van der Waals surface area contributed by atoms with Crippen LogP contribution in [-0.4, -0.2) is 16.8 Å². The maximum atomic E-state index is 11.8. The average Bonchev–Trinajstić information content (AvgIpc) is 2.26. The van der Waals surface area contributed by atoms with Gasteiger partial charge in [-0.1, -0.05) is 30.3 Å². The molecular weight excluding hydrogens is 218 g/mol. The lowest BCUT2D eigenvalue weighted by atomic mass is 10.1. The van der Waals surface area contributed by atoms with Crippen LogP contribution in [0.5, 0.6) is 0 Å². The maximum absolute atomic E-state index is 11.8. The van der Waals surface area contributed by atoms with Crippen molar-refractivity contribution >= 4 is 6.09 Å². The lowest BCUT2D eigenvalue weighted by molar-refractivity contribution is 0.0279. The van der Waals surface area contributed by atoms with Gasteiger partial charge in [0.05, 0.1) is 0 Å². The molecule has 0 fully saturated rings. The molecule has 0 heterocycles. The van der Waals surface area contributed by atoms with Crippen molar-refractivity contribution in [3.05, 3.63) is 41.1 Å². The Morgan fingerprint density at radius 1 is 1.29 bits per heavy atom. The summed E-state index contributed by atoms with van der Waals surface area (Å²) in [6.07, 6.45) is -0.853. The predicted octanol–water partition coefficient (Wildman–Crippen LogP) is 3.48. The van der Waals surface area contributed by atoms with Crippen molar-refractivity contribution in [3.8, 4) is 0 Å². The monoisotopic (exact) mass is 236 g/mol. The fourth-order valence-corrected chi connectivity index (χ4v) is 1.33. The molecule has 17 heavy (non-hydrogen) atoms. The Hall–Kier alpha value is -1.55. The molecule has 4 heteroatoms. The van der Waals surface area contributed by atoms with Gasteiger partial charge in [0.2, 0.25) is 0 Å². The summed E-state index contributed by atoms with van der Waals surface area (Å²) in [5, 5.41) is 12.1. The number of carbonyl (C=O) groups is 1. The highest BCUT2D eigenvalue weighted by Gasteiger charge is 2.20. The molecule has 1 atom stereocenters. The highest BCUT2D eigenvalue weighted by Crippen LogP contribution is 2.21. The molecule has 94 valence electrons. The first kappa shape index (κ1) is 13.5. The Labute approximate surface area is 102 Å². The Morgan fingerprint density at radius 2 is 1.82 bits per heavy atom. The summed E-state index contributed by atoms with van der Waals surface area (Å²) >= 11 is 0. The second-order valence-corrected chi connectivity index (χ2v) is 4.89. The molecule has 1 unspecified atom stereocenters. The van der Waals surface area contributed by atoms with Gasteiger partial charge in [-0.2, -0.15) is 0 Å². The highest BCUT2D eigenvalue weighted by molar-refractivity contribution is 5.69. The molecule has 0 bridgehead atoms. The van der Waals surface area contributed by atoms with E-state index in [0.717, 1.165) is 5.56 Å². The zero-order valence-corrected chi connectivity index (χ0v) is 10.6. The minimum absolute atomic E-state index is 0.362. The van der Waals surface area contributed by atoms with Crippen LogP contribution in [0.4, 0.5) is 4.79 Å². The van der Waals surface area contributed by atoms with E-state index in [1.165, 1.54) is 0 Å². The van der Waals surface area contributed by atoms with Gasteiger partial charge in [0.15, 0.2) is 0 Å². The van der Waals surface area contributed by atoms with Crippen molar-refractivity contribution in [1.29, 1.82) is 0 Å². The minimum Gasteiger partial charge on any atom is -0.753 e. The lowest BCUT2D eigenvalue weighted by Gasteiger charge is -2.36. The number of hydrogen-bond donors (Lipinski definition) is 0. The molecule has 0 aliphatic rings. The molecule has 0 aliphatic heterocycles. The van der Waals surface area contributed by atoms with E-state index >= 15 is 0 Å². The Morgan fingerprint density at radius 3 is 2.29 bits per heavy atom. The van der Waals surface area contributed by atoms with Gasteiger partial charge in [0.1, 0.15) is 5.60 Å². The smallest absolute Gasteiger partial charge is 0.399 e. The lowest BCUT2D eigenvalue weighted by Crippen LogP contribution is -2.34. The molecule has 0 spiro atoms. The number of rotatable bonds is 2. The van der Waals surface area contributed by atoms with Crippen LogP contribution in [0, 0.1) is 5.21 Å². The van der Waals surface area contributed by atoms with Crippen LogP contribution in [-0.2, 0) is 4.74 Å². The first-order valence-corrected chi connectivity index (χ1v) is 5.55. The third kappa shape index (κ3) is 4.07. The molecule has 1 aromatic carbocycles. The Bertz CT molecular complexity index is 370. The van der Waals surface area contributed by atoms with Crippen molar-refractivity contribution < 1.29 is 9.53 Å². The van der Waals surface area contributed by atoms with Crippen molar-refractivity contribution in [1.82, 2.24) is 5.06 Å². The zero-order chi connectivity index (χ0) is 13.1. The van der Waals surface area contributed by atoms with E-state index in [4.69, 9.17) is 4.74 Å². The van der Waals surface area contributed by atoms with Crippen LogP contribution in [0.15, 0.2) is 30.3 Å². The van der Waals surface area contributed by atoms with Gasteiger partial charge in [-0.15, -0.1) is 0 Å². The molecule has 1 amide bonds. The molecule has 0 saturated heterocycles. The van der Waals surface area contributed by atoms with E-state index in [1.807, 2.05) is 18.2 Å². The molecule has 0 aliphatic carbocycles. The second-order valence-electron chi connectivity index (χ2n) is 4.89.